The Balaban J connectivity index is 1.94. The summed E-state index contributed by atoms with van der Waals surface area (Å²) in [6.07, 6.45) is 3.45. The maximum Gasteiger partial charge on any atom is 0.229 e. The van der Waals surface area contributed by atoms with Crippen molar-refractivity contribution in [3.05, 3.63) is 29.8 Å². The normalized spacial score (nSPS) is 17.2. The molecule has 1 aromatic carbocycles. The van der Waals surface area contributed by atoms with E-state index < -0.39 is 0 Å². The van der Waals surface area contributed by atoms with Crippen LogP contribution in [-0.2, 0) is 4.79 Å². The topological polar surface area (TPSA) is 58.4 Å². The van der Waals surface area contributed by atoms with Crippen LogP contribution in [0.15, 0.2) is 24.3 Å². The van der Waals surface area contributed by atoms with Gasteiger partial charge in [0.1, 0.15) is 0 Å². The number of nitrogens with zero attached hydrogens (tertiary/aromatic N) is 1. The number of likely N-dealkylation sites (tertiary alicyclic amines) is 1. The minimum Gasteiger partial charge on any atom is -0.330 e. The summed E-state index contributed by atoms with van der Waals surface area (Å²) in [5.41, 5.74) is 7.47. The van der Waals surface area contributed by atoms with E-state index >= 15 is 0 Å². The van der Waals surface area contributed by atoms with Gasteiger partial charge < -0.3 is 16.0 Å². The summed E-state index contributed by atoms with van der Waals surface area (Å²) in [6.45, 7) is 9.97. The van der Waals surface area contributed by atoms with Crippen molar-refractivity contribution >= 4 is 11.6 Å². The molecule has 0 saturated carbocycles. The molecular formula is C19H31N3O. The van der Waals surface area contributed by atoms with Gasteiger partial charge in [0.25, 0.3) is 0 Å². The van der Waals surface area contributed by atoms with Crippen molar-refractivity contribution in [2.24, 2.45) is 11.1 Å². The maximum absolute atomic E-state index is 12.1. The van der Waals surface area contributed by atoms with Gasteiger partial charge in [-0.1, -0.05) is 32.9 Å². The highest BCUT2D eigenvalue weighted by atomic mass is 16.2. The van der Waals surface area contributed by atoms with Crippen molar-refractivity contribution in [1.29, 1.82) is 0 Å². The predicted molar refractivity (Wildman–Crippen MR) is 96.6 cm³/mol. The summed E-state index contributed by atoms with van der Waals surface area (Å²) in [7, 11) is 0. The Morgan fingerprint density at radius 2 is 2.00 bits per heavy atom. The van der Waals surface area contributed by atoms with E-state index in [9.17, 15) is 4.79 Å². The van der Waals surface area contributed by atoms with Gasteiger partial charge >= 0.3 is 0 Å². The highest BCUT2D eigenvalue weighted by Gasteiger charge is 2.23. The molecule has 4 nitrogen and oxygen atoms in total. The number of carbonyl (C=O) groups excluding carboxylic acids is 1. The van der Waals surface area contributed by atoms with Crippen LogP contribution in [0, 0.1) is 5.41 Å². The zero-order valence-electron chi connectivity index (χ0n) is 14.8. The second kappa shape index (κ2) is 7.93. The number of benzene rings is 1. The second-order valence-electron chi connectivity index (χ2n) is 7.59. The van der Waals surface area contributed by atoms with E-state index in [1.807, 2.05) is 26.8 Å². The standard InChI is InChI=1S/C19H31N3O/c1-19(2,3)18(23)21-17-7-4-6-16(14-17)15-8-12-22(13-9-15)11-5-10-20/h4,6-7,14-15H,5,8-13,20H2,1-3H3,(H,21,23). The lowest BCUT2D eigenvalue weighted by Gasteiger charge is -2.32. The quantitative estimate of drug-likeness (QED) is 0.877. The number of nitrogens with two attached hydrogens (primary N) is 1. The SMILES string of the molecule is CC(C)(C)C(=O)Nc1cccc(C2CCN(CCCN)CC2)c1. The van der Waals surface area contributed by atoms with E-state index in [0.29, 0.717) is 5.92 Å². The Morgan fingerprint density at radius 3 is 2.61 bits per heavy atom. The smallest absolute Gasteiger partial charge is 0.229 e. The third-order valence-corrected chi connectivity index (χ3v) is 4.56. The number of anilines is 1. The molecule has 1 aromatic rings. The fourth-order valence-corrected chi connectivity index (χ4v) is 2.99. The summed E-state index contributed by atoms with van der Waals surface area (Å²) >= 11 is 0. The molecule has 0 aromatic heterocycles. The lowest BCUT2D eigenvalue weighted by molar-refractivity contribution is -0.123. The Hall–Kier alpha value is -1.39. The van der Waals surface area contributed by atoms with Crippen LogP contribution < -0.4 is 11.1 Å². The van der Waals surface area contributed by atoms with Crippen molar-refractivity contribution in [2.45, 2.75) is 46.0 Å². The molecule has 0 radical (unpaired) electrons. The van der Waals surface area contributed by atoms with E-state index in [1.54, 1.807) is 0 Å². The third-order valence-electron chi connectivity index (χ3n) is 4.56. The number of hydrogen-bond donors (Lipinski definition) is 2. The lowest BCUT2D eigenvalue weighted by atomic mass is 9.89. The van der Waals surface area contributed by atoms with Gasteiger partial charge in [-0.05, 0) is 69.1 Å². The molecule has 1 fully saturated rings. The fourth-order valence-electron chi connectivity index (χ4n) is 2.99. The van der Waals surface area contributed by atoms with E-state index in [0.717, 1.165) is 38.3 Å². The highest BCUT2D eigenvalue weighted by molar-refractivity contribution is 5.94. The summed E-state index contributed by atoms with van der Waals surface area (Å²) in [5.74, 6) is 0.655. The number of rotatable bonds is 5. The predicted octanol–water partition coefficient (Wildman–Crippen LogP) is 3.20. The highest BCUT2D eigenvalue weighted by Crippen LogP contribution is 2.30. The monoisotopic (exact) mass is 317 g/mol. The van der Waals surface area contributed by atoms with Crippen LogP contribution >= 0.6 is 0 Å². The Morgan fingerprint density at radius 1 is 1.30 bits per heavy atom. The maximum atomic E-state index is 12.1. The van der Waals surface area contributed by atoms with Crippen molar-refractivity contribution in [3.63, 3.8) is 0 Å². The molecule has 1 saturated heterocycles. The first kappa shape index (κ1) is 18.0. The summed E-state index contributed by atoms with van der Waals surface area (Å²) < 4.78 is 0. The van der Waals surface area contributed by atoms with E-state index in [2.05, 4.69) is 28.4 Å². The van der Waals surface area contributed by atoms with Crippen molar-refractivity contribution in [1.82, 2.24) is 4.90 Å². The molecule has 0 atom stereocenters. The fraction of sp³-hybridized carbons (Fsp3) is 0.632. The summed E-state index contributed by atoms with van der Waals surface area (Å²) in [5, 5.41) is 3.03. The average Bonchev–Trinajstić information content (AvgIpc) is 2.53. The van der Waals surface area contributed by atoms with Crippen molar-refractivity contribution in [2.75, 3.05) is 31.5 Å². The van der Waals surface area contributed by atoms with Gasteiger partial charge in [-0.2, -0.15) is 0 Å². The van der Waals surface area contributed by atoms with Crippen LogP contribution in [-0.4, -0.2) is 37.0 Å². The van der Waals surface area contributed by atoms with Gasteiger partial charge in [0.2, 0.25) is 5.91 Å². The van der Waals surface area contributed by atoms with Crippen LogP contribution in [0.5, 0.6) is 0 Å². The molecule has 128 valence electrons. The lowest BCUT2D eigenvalue weighted by Crippen LogP contribution is -2.34. The number of hydrogen-bond acceptors (Lipinski definition) is 3. The third kappa shape index (κ3) is 5.33. The molecule has 0 aliphatic carbocycles. The molecule has 1 amide bonds. The van der Waals surface area contributed by atoms with Gasteiger partial charge in [-0.15, -0.1) is 0 Å². The minimum atomic E-state index is -0.371. The van der Waals surface area contributed by atoms with E-state index in [1.165, 1.54) is 18.4 Å². The van der Waals surface area contributed by atoms with Gasteiger partial charge in [0.15, 0.2) is 0 Å². The van der Waals surface area contributed by atoms with Crippen LogP contribution in [0.4, 0.5) is 5.69 Å². The van der Waals surface area contributed by atoms with Crippen molar-refractivity contribution < 1.29 is 4.79 Å². The molecule has 3 N–H and O–H groups in total. The van der Waals surface area contributed by atoms with Crippen LogP contribution in [0.3, 0.4) is 0 Å². The Bertz CT molecular complexity index is 514. The molecule has 1 aliphatic rings. The molecule has 1 heterocycles. The number of piperidine rings is 1. The molecule has 4 heteroatoms. The van der Waals surface area contributed by atoms with Gasteiger partial charge in [0.05, 0.1) is 0 Å². The molecule has 23 heavy (non-hydrogen) atoms. The zero-order valence-corrected chi connectivity index (χ0v) is 14.8. The average molecular weight is 317 g/mol. The molecule has 2 rings (SSSR count). The molecular weight excluding hydrogens is 286 g/mol. The van der Waals surface area contributed by atoms with Crippen molar-refractivity contribution in [3.8, 4) is 0 Å². The zero-order chi connectivity index (χ0) is 16.9. The number of amides is 1. The second-order valence-corrected chi connectivity index (χ2v) is 7.59. The Labute approximate surface area is 140 Å². The summed E-state index contributed by atoms with van der Waals surface area (Å²) in [6, 6.07) is 8.36. The largest absolute Gasteiger partial charge is 0.330 e. The van der Waals surface area contributed by atoms with Gasteiger partial charge in [0, 0.05) is 11.1 Å². The Kier molecular flexibility index (Phi) is 6.19. The number of nitrogens with one attached hydrogen (secondary N) is 1. The number of carbonyl (C=O) groups is 1. The van der Waals surface area contributed by atoms with Crippen LogP contribution in [0.2, 0.25) is 0 Å². The molecule has 1 aliphatic heterocycles. The summed E-state index contributed by atoms with van der Waals surface area (Å²) in [4.78, 5) is 14.6. The first-order chi connectivity index (χ1) is 10.9. The van der Waals surface area contributed by atoms with Crippen LogP contribution in [0.25, 0.3) is 0 Å². The van der Waals surface area contributed by atoms with Gasteiger partial charge in [-0.3, -0.25) is 4.79 Å². The first-order valence-corrected chi connectivity index (χ1v) is 8.74. The minimum absolute atomic E-state index is 0.0613. The van der Waals surface area contributed by atoms with E-state index in [4.69, 9.17) is 5.73 Å². The van der Waals surface area contributed by atoms with Crippen LogP contribution in [0.1, 0.15) is 51.5 Å². The first-order valence-electron chi connectivity index (χ1n) is 8.74. The molecule has 0 spiro atoms. The molecule has 0 unspecified atom stereocenters. The van der Waals surface area contributed by atoms with Gasteiger partial charge in [-0.25, -0.2) is 0 Å². The van der Waals surface area contributed by atoms with E-state index in [-0.39, 0.29) is 11.3 Å². The molecule has 0 bridgehead atoms.